The van der Waals surface area contributed by atoms with Gasteiger partial charge in [0.05, 0.1) is 27.6 Å². The molecule has 0 saturated carbocycles. The average Bonchev–Trinajstić information content (AvgIpc) is 2.97. The van der Waals surface area contributed by atoms with E-state index in [1.165, 1.54) is 11.8 Å². The van der Waals surface area contributed by atoms with E-state index >= 15 is 0 Å². The topological polar surface area (TPSA) is 76.3 Å². The van der Waals surface area contributed by atoms with Crippen LogP contribution in [0, 0.1) is 22.7 Å². The maximum absolute atomic E-state index is 9.29. The van der Waals surface area contributed by atoms with Crippen molar-refractivity contribution in [2.24, 2.45) is 0 Å². The molecule has 0 radical (unpaired) electrons. The van der Waals surface area contributed by atoms with Crippen LogP contribution in [0.3, 0.4) is 0 Å². The third kappa shape index (κ3) is 3.01. The smallest absolute Gasteiger partial charge is 0.171 e. The summed E-state index contributed by atoms with van der Waals surface area (Å²) < 4.78 is 0. The number of fused-ring (bicyclic) bond motifs is 1. The molecule has 0 aliphatic heterocycles. The Morgan fingerprint density at radius 3 is 2.55 bits per heavy atom. The van der Waals surface area contributed by atoms with Crippen molar-refractivity contribution in [3.05, 3.63) is 64.6 Å². The molecule has 0 unspecified atom stereocenters. The first-order chi connectivity index (χ1) is 10.8. The molecule has 0 saturated heterocycles. The predicted octanol–water partition coefficient (Wildman–Crippen LogP) is 4.09. The van der Waals surface area contributed by atoms with Crippen LogP contribution >= 0.6 is 11.8 Å². The summed E-state index contributed by atoms with van der Waals surface area (Å²) in [6.45, 7) is 0. The van der Waals surface area contributed by atoms with Gasteiger partial charge in [-0.25, -0.2) is 4.98 Å². The highest BCUT2D eigenvalue weighted by atomic mass is 32.2. The Morgan fingerprint density at radius 2 is 1.86 bits per heavy atom. The molecule has 22 heavy (non-hydrogen) atoms. The van der Waals surface area contributed by atoms with E-state index in [2.05, 4.69) is 22.1 Å². The number of H-pyrrole nitrogens is 1. The number of aromatic amines is 1. The Balaban J connectivity index is 1.86. The summed E-state index contributed by atoms with van der Waals surface area (Å²) in [5.41, 5.74) is 3.29. The number of allylic oxidation sites excluding steroid dienone is 1. The molecule has 0 atom stereocenters. The summed E-state index contributed by atoms with van der Waals surface area (Å²) in [4.78, 5) is 8.15. The van der Waals surface area contributed by atoms with Gasteiger partial charge in [-0.15, -0.1) is 0 Å². The molecule has 5 heteroatoms. The summed E-state index contributed by atoms with van der Waals surface area (Å²) in [6.07, 6.45) is 1.78. The number of rotatable bonds is 3. The van der Waals surface area contributed by atoms with E-state index in [4.69, 9.17) is 5.26 Å². The molecular weight excluding hydrogens is 292 g/mol. The number of para-hydroxylation sites is 2. The summed E-state index contributed by atoms with van der Waals surface area (Å²) >= 11 is 1.29. The first kappa shape index (κ1) is 13.9. The van der Waals surface area contributed by atoms with Gasteiger partial charge in [0.2, 0.25) is 0 Å². The monoisotopic (exact) mass is 302 g/mol. The van der Waals surface area contributed by atoms with Gasteiger partial charge in [0, 0.05) is 0 Å². The van der Waals surface area contributed by atoms with E-state index in [9.17, 15) is 5.26 Å². The molecule has 0 bridgehead atoms. The van der Waals surface area contributed by atoms with Crippen LogP contribution in [0.4, 0.5) is 0 Å². The number of nitrogens with zero attached hydrogens (tertiary/aromatic N) is 3. The quantitative estimate of drug-likeness (QED) is 0.584. The zero-order valence-electron chi connectivity index (χ0n) is 11.4. The molecule has 0 spiro atoms. The zero-order chi connectivity index (χ0) is 15.4. The summed E-state index contributed by atoms with van der Waals surface area (Å²) in [5.74, 6) is 0. The maximum Gasteiger partial charge on any atom is 0.171 e. The average molecular weight is 302 g/mol. The molecule has 0 amide bonds. The van der Waals surface area contributed by atoms with Gasteiger partial charge in [-0.3, -0.25) is 0 Å². The summed E-state index contributed by atoms with van der Waals surface area (Å²) in [6, 6.07) is 19.1. The maximum atomic E-state index is 9.29. The van der Waals surface area contributed by atoms with Crippen molar-refractivity contribution >= 4 is 28.9 Å². The Kier molecular flexibility index (Phi) is 3.91. The highest BCUT2D eigenvalue weighted by molar-refractivity contribution is 8.03. The summed E-state index contributed by atoms with van der Waals surface area (Å²) in [5, 5.41) is 18.8. The van der Waals surface area contributed by atoms with E-state index in [0.717, 1.165) is 16.6 Å². The van der Waals surface area contributed by atoms with Crippen LogP contribution in [-0.2, 0) is 0 Å². The largest absolute Gasteiger partial charge is 0.333 e. The zero-order valence-corrected chi connectivity index (χ0v) is 12.3. The fourth-order valence-corrected chi connectivity index (χ4v) is 2.73. The van der Waals surface area contributed by atoms with Crippen molar-refractivity contribution in [2.45, 2.75) is 5.16 Å². The number of hydrogen-bond acceptors (Lipinski definition) is 4. The second-order valence-corrected chi connectivity index (χ2v) is 5.55. The van der Waals surface area contributed by atoms with E-state index in [-0.39, 0.29) is 0 Å². The van der Waals surface area contributed by atoms with Gasteiger partial charge < -0.3 is 4.98 Å². The molecule has 4 nitrogen and oxygen atoms in total. The van der Waals surface area contributed by atoms with E-state index in [1.54, 1.807) is 18.2 Å². The summed E-state index contributed by atoms with van der Waals surface area (Å²) in [7, 11) is 0. The molecule has 0 aliphatic carbocycles. The molecule has 0 fully saturated rings. The fourth-order valence-electron chi connectivity index (χ4n) is 1.97. The van der Waals surface area contributed by atoms with Crippen LogP contribution in [-0.4, -0.2) is 9.97 Å². The number of aromatic nitrogens is 2. The van der Waals surface area contributed by atoms with E-state index in [0.29, 0.717) is 15.6 Å². The lowest BCUT2D eigenvalue weighted by Gasteiger charge is -1.97. The molecule has 1 N–H and O–H groups in total. The van der Waals surface area contributed by atoms with Gasteiger partial charge >= 0.3 is 0 Å². The van der Waals surface area contributed by atoms with Gasteiger partial charge in [0.15, 0.2) is 5.16 Å². The molecule has 3 aromatic rings. The normalized spacial score (nSPS) is 11.1. The molecule has 1 aromatic heterocycles. The minimum Gasteiger partial charge on any atom is -0.333 e. The second-order valence-electron chi connectivity index (χ2n) is 4.52. The Hall–Kier alpha value is -3.02. The van der Waals surface area contributed by atoms with Crippen molar-refractivity contribution in [1.82, 2.24) is 9.97 Å². The third-order valence-electron chi connectivity index (χ3n) is 3.02. The van der Waals surface area contributed by atoms with Gasteiger partial charge in [-0.2, -0.15) is 10.5 Å². The minimum absolute atomic E-state index is 0.531. The van der Waals surface area contributed by atoms with Crippen LogP contribution in [0.5, 0.6) is 0 Å². The number of hydrogen-bond donors (Lipinski definition) is 1. The first-order valence-electron chi connectivity index (χ1n) is 6.53. The van der Waals surface area contributed by atoms with Gasteiger partial charge in [0.1, 0.15) is 6.07 Å². The molecule has 104 valence electrons. The molecule has 1 heterocycles. The fraction of sp³-hybridized carbons (Fsp3) is 0. The molecule has 0 aliphatic rings. The van der Waals surface area contributed by atoms with Crippen LogP contribution in [0.2, 0.25) is 0 Å². The van der Waals surface area contributed by atoms with Crippen molar-refractivity contribution in [3.63, 3.8) is 0 Å². The van der Waals surface area contributed by atoms with Gasteiger partial charge in [0.25, 0.3) is 0 Å². The van der Waals surface area contributed by atoms with Crippen molar-refractivity contribution in [2.75, 3.05) is 0 Å². The second kappa shape index (κ2) is 6.17. The van der Waals surface area contributed by atoms with Crippen LogP contribution in [0.1, 0.15) is 11.1 Å². The molecular formula is C17H10N4S. The Labute approximate surface area is 131 Å². The van der Waals surface area contributed by atoms with Gasteiger partial charge in [-0.05, 0) is 47.7 Å². The number of imidazole rings is 1. The van der Waals surface area contributed by atoms with Crippen LogP contribution in [0.15, 0.2) is 58.6 Å². The number of nitrogens with one attached hydrogen (secondary N) is 1. The molecule has 3 rings (SSSR count). The Morgan fingerprint density at radius 1 is 1.09 bits per heavy atom. The van der Waals surface area contributed by atoms with Crippen molar-refractivity contribution in [1.29, 1.82) is 10.5 Å². The van der Waals surface area contributed by atoms with Crippen LogP contribution in [0.25, 0.3) is 17.1 Å². The van der Waals surface area contributed by atoms with Crippen molar-refractivity contribution in [3.8, 4) is 12.1 Å². The lowest BCUT2D eigenvalue weighted by Crippen LogP contribution is -1.79. The predicted molar refractivity (Wildman–Crippen MR) is 86.7 cm³/mol. The number of benzene rings is 2. The van der Waals surface area contributed by atoms with Gasteiger partial charge in [-0.1, -0.05) is 24.3 Å². The lowest BCUT2D eigenvalue weighted by molar-refractivity contribution is 1.09. The lowest BCUT2D eigenvalue weighted by atomic mass is 10.1. The molecule has 2 aromatic carbocycles. The first-order valence-corrected chi connectivity index (χ1v) is 7.35. The number of thioether (sulfide) groups is 1. The van der Waals surface area contributed by atoms with Crippen molar-refractivity contribution < 1.29 is 0 Å². The SMILES string of the molecule is N#C/C(=C\c1ccc(C#N)cc1)Sc1nc2ccccc2[nH]1. The highest BCUT2D eigenvalue weighted by Gasteiger charge is 2.06. The third-order valence-corrected chi connectivity index (χ3v) is 3.84. The van der Waals surface area contributed by atoms with E-state index in [1.807, 2.05) is 36.4 Å². The highest BCUT2D eigenvalue weighted by Crippen LogP contribution is 2.27. The Bertz CT molecular complexity index is 891. The number of nitriles is 2. The van der Waals surface area contributed by atoms with Crippen LogP contribution < -0.4 is 0 Å². The minimum atomic E-state index is 0.531. The van der Waals surface area contributed by atoms with E-state index < -0.39 is 0 Å². The standard InChI is InChI=1S/C17H10N4S/c18-10-13-7-5-12(6-8-13)9-14(11-19)22-17-20-15-3-1-2-4-16(15)21-17/h1-9H,(H,20,21)/b14-9+.